The molecule has 0 fully saturated rings. The lowest BCUT2D eigenvalue weighted by Gasteiger charge is -2.08. The minimum absolute atomic E-state index is 0.0192. The second-order valence-electron chi connectivity index (χ2n) is 4.93. The molecule has 0 saturated carbocycles. The lowest BCUT2D eigenvalue weighted by molar-refractivity contribution is 0.662. The summed E-state index contributed by atoms with van der Waals surface area (Å²) >= 11 is 0. The number of nitrogens with zero attached hydrogens (tertiary/aromatic N) is 3. The second-order valence-corrected chi connectivity index (χ2v) is 4.93. The van der Waals surface area contributed by atoms with E-state index < -0.39 is 0 Å². The molecule has 0 aliphatic heterocycles. The van der Waals surface area contributed by atoms with E-state index in [0.29, 0.717) is 5.82 Å². The number of hydrogen-bond acceptors (Lipinski definition) is 3. The predicted molar refractivity (Wildman–Crippen MR) is 73.0 cm³/mol. The minimum Gasteiger partial charge on any atom is -0.305 e. The van der Waals surface area contributed by atoms with Gasteiger partial charge < -0.3 is 4.98 Å². The first-order valence-electron chi connectivity index (χ1n) is 6.94. The molecule has 1 aliphatic carbocycles. The van der Waals surface area contributed by atoms with E-state index in [1.807, 2.05) is 17.7 Å². The molecule has 0 aromatic carbocycles. The summed E-state index contributed by atoms with van der Waals surface area (Å²) in [4.78, 5) is 19.8. The Bertz CT molecular complexity index is 641. The van der Waals surface area contributed by atoms with Crippen molar-refractivity contribution in [1.82, 2.24) is 19.7 Å². The fraction of sp³-hybridized carbons (Fsp3) is 0.500. The van der Waals surface area contributed by atoms with Crippen LogP contribution < -0.4 is 5.56 Å². The van der Waals surface area contributed by atoms with Gasteiger partial charge in [-0.25, -0.2) is 4.98 Å². The maximum Gasteiger partial charge on any atom is 0.254 e. The van der Waals surface area contributed by atoms with E-state index in [2.05, 4.69) is 15.1 Å². The van der Waals surface area contributed by atoms with Gasteiger partial charge in [-0.1, -0.05) is 6.42 Å². The second kappa shape index (κ2) is 4.99. The molecule has 0 spiro atoms. The van der Waals surface area contributed by atoms with Crippen molar-refractivity contribution in [1.29, 1.82) is 0 Å². The van der Waals surface area contributed by atoms with Crippen molar-refractivity contribution in [3.05, 3.63) is 33.9 Å². The molecule has 2 heterocycles. The van der Waals surface area contributed by atoms with E-state index in [1.54, 1.807) is 6.20 Å². The van der Waals surface area contributed by atoms with Crippen LogP contribution in [0.3, 0.4) is 0 Å². The van der Waals surface area contributed by atoms with Gasteiger partial charge in [0.05, 0.1) is 5.69 Å². The monoisotopic (exact) mass is 258 g/mol. The number of H-pyrrole nitrogens is 1. The Morgan fingerprint density at radius 2 is 2.16 bits per heavy atom. The van der Waals surface area contributed by atoms with Crippen LogP contribution in [0.15, 0.2) is 17.1 Å². The number of nitrogens with one attached hydrogen (secondary N) is 1. The van der Waals surface area contributed by atoms with Gasteiger partial charge in [-0.3, -0.25) is 9.48 Å². The lowest BCUT2D eigenvalue weighted by Crippen LogP contribution is -2.19. The Morgan fingerprint density at radius 1 is 1.32 bits per heavy atom. The average Bonchev–Trinajstić information content (AvgIpc) is 2.76. The van der Waals surface area contributed by atoms with Gasteiger partial charge in [-0.15, -0.1) is 0 Å². The molecule has 0 bridgehead atoms. The molecule has 2 aromatic rings. The van der Waals surface area contributed by atoms with E-state index >= 15 is 0 Å². The van der Waals surface area contributed by atoms with Crippen molar-refractivity contribution in [2.75, 3.05) is 0 Å². The van der Waals surface area contributed by atoms with Crippen LogP contribution in [0.2, 0.25) is 0 Å². The zero-order chi connectivity index (χ0) is 13.2. The van der Waals surface area contributed by atoms with Gasteiger partial charge in [-0.2, -0.15) is 5.10 Å². The van der Waals surface area contributed by atoms with E-state index in [1.165, 1.54) is 6.42 Å². The van der Waals surface area contributed by atoms with Gasteiger partial charge in [0.1, 0.15) is 5.69 Å². The zero-order valence-corrected chi connectivity index (χ0v) is 11.1. The van der Waals surface area contributed by atoms with Crippen molar-refractivity contribution in [2.45, 2.75) is 45.6 Å². The van der Waals surface area contributed by atoms with Crippen LogP contribution in [0.4, 0.5) is 0 Å². The Kier molecular flexibility index (Phi) is 3.19. The standard InChI is InChI=1S/C14H18N4O/c1-2-18-12(8-9-15-18)13-16-11-7-5-3-4-6-10(11)14(19)17-13/h8-9H,2-7H2,1H3,(H,16,17,19). The Morgan fingerprint density at radius 3 is 3.00 bits per heavy atom. The van der Waals surface area contributed by atoms with Crippen LogP contribution in [0, 0.1) is 0 Å². The third-order valence-corrected chi connectivity index (χ3v) is 3.70. The smallest absolute Gasteiger partial charge is 0.254 e. The largest absolute Gasteiger partial charge is 0.305 e. The van der Waals surface area contributed by atoms with Gasteiger partial charge >= 0.3 is 0 Å². The molecule has 19 heavy (non-hydrogen) atoms. The van der Waals surface area contributed by atoms with Crippen molar-refractivity contribution in [3.8, 4) is 11.5 Å². The summed E-state index contributed by atoms with van der Waals surface area (Å²) in [6.07, 6.45) is 6.89. The van der Waals surface area contributed by atoms with Gasteiger partial charge in [0.15, 0.2) is 5.82 Å². The molecule has 0 atom stereocenters. The first kappa shape index (κ1) is 12.1. The number of aromatic amines is 1. The van der Waals surface area contributed by atoms with E-state index in [-0.39, 0.29) is 5.56 Å². The fourth-order valence-corrected chi connectivity index (χ4v) is 2.69. The Hall–Kier alpha value is -1.91. The zero-order valence-electron chi connectivity index (χ0n) is 11.1. The van der Waals surface area contributed by atoms with Crippen LogP contribution in [-0.2, 0) is 19.4 Å². The van der Waals surface area contributed by atoms with Gasteiger partial charge in [-0.05, 0) is 38.7 Å². The SMILES string of the molecule is CCn1nccc1-c1nc2c(c(=O)[nH]1)CCCCC2. The highest BCUT2D eigenvalue weighted by Crippen LogP contribution is 2.19. The number of aryl methyl sites for hydroxylation is 2. The maximum atomic E-state index is 12.2. The topological polar surface area (TPSA) is 63.6 Å². The Balaban J connectivity index is 2.12. The summed E-state index contributed by atoms with van der Waals surface area (Å²) in [5.74, 6) is 0.644. The fourth-order valence-electron chi connectivity index (χ4n) is 2.69. The average molecular weight is 258 g/mol. The van der Waals surface area contributed by atoms with Crippen LogP contribution in [0.25, 0.3) is 11.5 Å². The summed E-state index contributed by atoms with van der Waals surface area (Å²) in [5, 5.41) is 4.23. The molecule has 5 nitrogen and oxygen atoms in total. The molecular weight excluding hydrogens is 240 g/mol. The highest BCUT2D eigenvalue weighted by Gasteiger charge is 2.16. The Labute approximate surface area is 111 Å². The molecule has 0 unspecified atom stereocenters. The molecule has 1 N–H and O–H groups in total. The van der Waals surface area contributed by atoms with Crippen molar-refractivity contribution >= 4 is 0 Å². The third-order valence-electron chi connectivity index (χ3n) is 3.70. The minimum atomic E-state index is 0.0192. The molecule has 0 saturated heterocycles. The predicted octanol–water partition coefficient (Wildman–Crippen LogP) is 1.92. The number of rotatable bonds is 2. The summed E-state index contributed by atoms with van der Waals surface area (Å²) in [6.45, 7) is 2.79. The van der Waals surface area contributed by atoms with Crippen LogP contribution in [-0.4, -0.2) is 19.7 Å². The molecule has 3 rings (SSSR count). The quantitative estimate of drug-likeness (QED) is 0.837. The van der Waals surface area contributed by atoms with Crippen molar-refractivity contribution in [3.63, 3.8) is 0 Å². The number of aromatic nitrogens is 4. The van der Waals surface area contributed by atoms with E-state index in [0.717, 1.165) is 49.2 Å². The molecule has 5 heteroatoms. The first-order chi connectivity index (χ1) is 9.29. The molecule has 2 aromatic heterocycles. The normalized spacial score (nSPS) is 15.0. The molecular formula is C14H18N4O. The maximum absolute atomic E-state index is 12.2. The van der Waals surface area contributed by atoms with Gasteiger partial charge in [0, 0.05) is 18.3 Å². The molecule has 0 radical (unpaired) electrons. The summed E-state index contributed by atoms with van der Waals surface area (Å²) in [5.41, 5.74) is 2.75. The van der Waals surface area contributed by atoms with Crippen molar-refractivity contribution in [2.24, 2.45) is 0 Å². The van der Waals surface area contributed by atoms with E-state index in [4.69, 9.17) is 0 Å². The van der Waals surface area contributed by atoms with Gasteiger partial charge in [0.25, 0.3) is 5.56 Å². The lowest BCUT2D eigenvalue weighted by atomic mass is 10.1. The number of fused-ring (bicyclic) bond motifs is 1. The summed E-state index contributed by atoms with van der Waals surface area (Å²) in [7, 11) is 0. The van der Waals surface area contributed by atoms with Gasteiger partial charge in [0.2, 0.25) is 0 Å². The number of hydrogen-bond donors (Lipinski definition) is 1. The molecule has 0 amide bonds. The highest BCUT2D eigenvalue weighted by atomic mass is 16.1. The highest BCUT2D eigenvalue weighted by molar-refractivity contribution is 5.49. The van der Waals surface area contributed by atoms with Crippen LogP contribution in [0.5, 0.6) is 0 Å². The third kappa shape index (κ3) is 2.20. The van der Waals surface area contributed by atoms with Crippen molar-refractivity contribution < 1.29 is 0 Å². The summed E-state index contributed by atoms with van der Waals surface area (Å²) < 4.78 is 1.85. The van der Waals surface area contributed by atoms with Crippen LogP contribution in [0.1, 0.15) is 37.4 Å². The van der Waals surface area contributed by atoms with E-state index in [9.17, 15) is 4.79 Å². The van der Waals surface area contributed by atoms with Crippen LogP contribution >= 0.6 is 0 Å². The molecule has 100 valence electrons. The first-order valence-corrected chi connectivity index (χ1v) is 6.94. The summed E-state index contributed by atoms with van der Waals surface area (Å²) in [6, 6.07) is 1.89. The molecule has 1 aliphatic rings.